The molecule has 2 rings (SSSR count). The van der Waals surface area contributed by atoms with Crippen molar-refractivity contribution in [3.05, 3.63) is 40.2 Å². The van der Waals surface area contributed by atoms with Gasteiger partial charge in [0.1, 0.15) is 17.9 Å². The normalized spacial score (nSPS) is 10.5. The number of carbonyl (C=O) groups excluding carboxylic acids is 1. The molecule has 0 bridgehead atoms. The number of benzene rings is 1. The van der Waals surface area contributed by atoms with Gasteiger partial charge in [0, 0.05) is 17.5 Å². The van der Waals surface area contributed by atoms with Gasteiger partial charge < -0.3 is 19.6 Å². The molecular weight excluding hydrogens is 314 g/mol. The van der Waals surface area contributed by atoms with E-state index in [0.29, 0.717) is 11.3 Å². The third kappa shape index (κ3) is 4.84. The average Bonchev–Trinajstić information content (AvgIpc) is 2.55. The number of fused-ring (bicyclic) bond motifs is 1. The number of hydrogen-bond acceptors (Lipinski definition) is 5. The minimum absolute atomic E-state index is 0.321. The van der Waals surface area contributed by atoms with Crippen molar-refractivity contribution >= 4 is 22.8 Å². The van der Waals surface area contributed by atoms with Gasteiger partial charge in [-0.2, -0.15) is 0 Å². The van der Waals surface area contributed by atoms with E-state index < -0.39 is 24.0 Å². The molecule has 1 aromatic carbocycles. The molecule has 128 valence electrons. The highest BCUT2D eigenvalue weighted by atomic mass is 16.5. The van der Waals surface area contributed by atoms with Crippen LogP contribution >= 0.6 is 0 Å². The Hall–Kier alpha value is -2.83. The van der Waals surface area contributed by atoms with E-state index in [2.05, 4.69) is 12.2 Å². The van der Waals surface area contributed by atoms with Crippen LogP contribution in [-0.4, -0.2) is 30.1 Å². The lowest BCUT2D eigenvalue weighted by Crippen LogP contribution is -2.33. The van der Waals surface area contributed by atoms with Crippen molar-refractivity contribution in [2.75, 3.05) is 13.2 Å². The molecule has 0 saturated carbocycles. The second kappa shape index (κ2) is 8.14. The molecule has 0 aliphatic carbocycles. The van der Waals surface area contributed by atoms with E-state index in [1.807, 2.05) is 0 Å². The molecule has 2 N–H and O–H groups in total. The molecule has 0 unspecified atom stereocenters. The third-order valence-electron chi connectivity index (χ3n) is 3.41. The van der Waals surface area contributed by atoms with Gasteiger partial charge in [-0.3, -0.25) is 9.59 Å². The summed E-state index contributed by atoms with van der Waals surface area (Å²) in [5.41, 5.74) is 0.899. The first-order valence-corrected chi connectivity index (χ1v) is 7.67. The molecule has 0 aliphatic heterocycles. The van der Waals surface area contributed by atoms with Crippen molar-refractivity contribution in [3.8, 4) is 5.75 Å². The summed E-state index contributed by atoms with van der Waals surface area (Å²) in [6.45, 7) is 1.29. The Morgan fingerprint density at radius 3 is 2.79 bits per heavy atom. The van der Waals surface area contributed by atoms with Gasteiger partial charge in [-0.1, -0.05) is 13.3 Å². The van der Waals surface area contributed by atoms with Crippen molar-refractivity contribution in [2.24, 2.45) is 0 Å². The zero-order valence-corrected chi connectivity index (χ0v) is 13.3. The number of amides is 1. The average molecular weight is 333 g/mol. The van der Waals surface area contributed by atoms with E-state index in [0.717, 1.165) is 30.2 Å². The van der Waals surface area contributed by atoms with Crippen LogP contribution in [0, 0.1) is 0 Å². The highest BCUT2D eigenvalue weighted by molar-refractivity contribution is 5.83. The Morgan fingerprint density at radius 1 is 1.29 bits per heavy atom. The van der Waals surface area contributed by atoms with Crippen molar-refractivity contribution in [2.45, 2.75) is 26.2 Å². The first-order chi connectivity index (χ1) is 11.5. The molecular formula is C17H19NO6. The zero-order valence-electron chi connectivity index (χ0n) is 13.3. The molecule has 0 atom stereocenters. The SMILES string of the molecule is CCCCc1cc(=O)oc2cc(OCC(=O)NCC(=O)O)ccc12. The summed E-state index contributed by atoms with van der Waals surface area (Å²) in [5.74, 6) is -1.31. The van der Waals surface area contributed by atoms with Crippen LogP contribution in [0.25, 0.3) is 11.0 Å². The Balaban J connectivity index is 2.12. The van der Waals surface area contributed by atoms with Gasteiger partial charge in [0.2, 0.25) is 0 Å². The maximum atomic E-state index is 11.7. The fourth-order valence-corrected chi connectivity index (χ4v) is 2.25. The van der Waals surface area contributed by atoms with E-state index >= 15 is 0 Å². The van der Waals surface area contributed by atoms with Crippen LogP contribution in [0.3, 0.4) is 0 Å². The van der Waals surface area contributed by atoms with Crippen molar-refractivity contribution < 1.29 is 23.8 Å². The van der Waals surface area contributed by atoms with E-state index in [4.69, 9.17) is 14.3 Å². The van der Waals surface area contributed by atoms with Gasteiger partial charge in [-0.15, -0.1) is 0 Å². The van der Waals surface area contributed by atoms with Gasteiger partial charge in [-0.25, -0.2) is 4.79 Å². The third-order valence-corrected chi connectivity index (χ3v) is 3.41. The number of carboxylic acids is 1. The Morgan fingerprint density at radius 2 is 2.08 bits per heavy atom. The lowest BCUT2D eigenvalue weighted by Gasteiger charge is -2.08. The lowest BCUT2D eigenvalue weighted by atomic mass is 10.0. The monoisotopic (exact) mass is 333 g/mol. The fourth-order valence-electron chi connectivity index (χ4n) is 2.25. The maximum absolute atomic E-state index is 11.7. The molecule has 0 radical (unpaired) electrons. The summed E-state index contributed by atoms with van der Waals surface area (Å²) >= 11 is 0. The van der Waals surface area contributed by atoms with Crippen molar-refractivity contribution in [1.82, 2.24) is 5.32 Å². The Bertz CT molecular complexity index is 795. The number of rotatable bonds is 8. The topological polar surface area (TPSA) is 106 Å². The van der Waals surface area contributed by atoms with Crippen LogP contribution < -0.4 is 15.7 Å². The van der Waals surface area contributed by atoms with Crippen molar-refractivity contribution in [3.63, 3.8) is 0 Å². The highest BCUT2D eigenvalue weighted by Crippen LogP contribution is 2.23. The molecule has 7 nitrogen and oxygen atoms in total. The highest BCUT2D eigenvalue weighted by Gasteiger charge is 2.09. The standard InChI is InChI=1S/C17H19NO6/c1-2-3-4-11-7-17(22)24-14-8-12(5-6-13(11)14)23-10-15(19)18-9-16(20)21/h5-8H,2-4,9-10H2,1H3,(H,18,19)(H,20,21). The quantitative estimate of drug-likeness (QED) is 0.713. The molecule has 2 aromatic rings. The zero-order chi connectivity index (χ0) is 17.5. The minimum Gasteiger partial charge on any atom is -0.484 e. The van der Waals surface area contributed by atoms with Crippen molar-refractivity contribution in [1.29, 1.82) is 0 Å². The van der Waals surface area contributed by atoms with Gasteiger partial charge in [-0.05, 0) is 30.5 Å². The van der Waals surface area contributed by atoms with Crippen LogP contribution in [0.5, 0.6) is 5.75 Å². The first-order valence-electron chi connectivity index (χ1n) is 7.67. The number of ether oxygens (including phenoxy) is 1. The summed E-state index contributed by atoms with van der Waals surface area (Å²) < 4.78 is 10.5. The van der Waals surface area contributed by atoms with Crippen LogP contribution in [0.2, 0.25) is 0 Å². The van der Waals surface area contributed by atoms with Crippen LogP contribution in [0.15, 0.2) is 33.5 Å². The first kappa shape index (κ1) is 17.5. The summed E-state index contributed by atoms with van der Waals surface area (Å²) in [6, 6.07) is 6.52. The Kier molecular flexibility index (Phi) is 5.95. The summed E-state index contributed by atoms with van der Waals surface area (Å²) in [6.07, 6.45) is 2.78. The molecule has 7 heteroatoms. The number of nitrogens with one attached hydrogen (secondary N) is 1. The molecule has 0 spiro atoms. The molecule has 1 heterocycles. The van der Waals surface area contributed by atoms with Crippen LogP contribution in [0.1, 0.15) is 25.3 Å². The van der Waals surface area contributed by atoms with Gasteiger partial charge in [0.15, 0.2) is 6.61 Å². The minimum atomic E-state index is -1.13. The van der Waals surface area contributed by atoms with Crippen LogP contribution in [0.4, 0.5) is 0 Å². The van der Waals surface area contributed by atoms with E-state index in [1.165, 1.54) is 6.07 Å². The second-order valence-corrected chi connectivity index (χ2v) is 5.31. The molecule has 24 heavy (non-hydrogen) atoms. The Labute approximate surface area is 138 Å². The second-order valence-electron chi connectivity index (χ2n) is 5.31. The summed E-state index contributed by atoms with van der Waals surface area (Å²) in [7, 11) is 0. The van der Waals surface area contributed by atoms with E-state index in [1.54, 1.807) is 18.2 Å². The number of aliphatic carboxylic acids is 1. The smallest absolute Gasteiger partial charge is 0.336 e. The predicted molar refractivity (Wildman–Crippen MR) is 87.2 cm³/mol. The number of carboxylic acid groups (broad SMARTS) is 1. The molecule has 1 aromatic heterocycles. The number of hydrogen-bond donors (Lipinski definition) is 2. The van der Waals surface area contributed by atoms with Gasteiger partial charge in [0.25, 0.3) is 5.91 Å². The van der Waals surface area contributed by atoms with E-state index in [-0.39, 0.29) is 6.61 Å². The molecule has 0 aliphatic rings. The fraction of sp³-hybridized carbons (Fsp3) is 0.353. The predicted octanol–water partition coefficient (Wildman–Crippen LogP) is 1.72. The van der Waals surface area contributed by atoms with Crippen LogP contribution in [-0.2, 0) is 16.0 Å². The van der Waals surface area contributed by atoms with Gasteiger partial charge in [0.05, 0.1) is 0 Å². The van der Waals surface area contributed by atoms with Gasteiger partial charge >= 0.3 is 11.6 Å². The molecule has 0 saturated heterocycles. The largest absolute Gasteiger partial charge is 0.484 e. The number of aryl methyl sites for hydroxylation is 1. The maximum Gasteiger partial charge on any atom is 0.336 e. The molecule has 0 fully saturated rings. The lowest BCUT2D eigenvalue weighted by molar-refractivity contribution is -0.138. The summed E-state index contributed by atoms with van der Waals surface area (Å²) in [5, 5.41) is 11.5. The molecule has 1 amide bonds. The summed E-state index contributed by atoms with van der Waals surface area (Å²) in [4.78, 5) is 33.5. The van der Waals surface area contributed by atoms with E-state index in [9.17, 15) is 14.4 Å². The number of unbranched alkanes of at least 4 members (excludes halogenated alkanes) is 1. The number of carbonyl (C=O) groups is 2.